The van der Waals surface area contributed by atoms with Gasteiger partial charge >= 0.3 is 5.97 Å². The van der Waals surface area contributed by atoms with Crippen LogP contribution in [0.25, 0.3) is 0 Å². The number of nitriles is 1. The highest BCUT2D eigenvalue weighted by molar-refractivity contribution is 5.95. The minimum absolute atomic E-state index is 0.108. The summed E-state index contributed by atoms with van der Waals surface area (Å²) in [6.07, 6.45) is 1.21. The fourth-order valence-corrected chi connectivity index (χ4v) is 2.24. The Morgan fingerprint density at radius 2 is 2.00 bits per heavy atom. The summed E-state index contributed by atoms with van der Waals surface area (Å²) >= 11 is 0. The van der Waals surface area contributed by atoms with E-state index in [9.17, 15) is 9.59 Å². The summed E-state index contributed by atoms with van der Waals surface area (Å²) in [6.45, 7) is 3.72. The lowest BCUT2D eigenvalue weighted by atomic mass is 9.88. The van der Waals surface area contributed by atoms with Crippen LogP contribution in [-0.4, -0.2) is 22.5 Å². The standard InChI is InChI=1S/C16H20N2O3/c1-3-16(4-2,11-14(19)20)18-15(21)13-7-5-6-12(10-13)8-9-17/h5-7,10H,3-4,8,11H2,1-2H3,(H,18,21)(H,19,20). The fourth-order valence-electron chi connectivity index (χ4n) is 2.24. The molecule has 5 heteroatoms. The van der Waals surface area contributed by atoms with Crippen molar-refractivity contribution < 1.29 is 14.7 Å². The number of nitrogens with one attached hydrogen (secondary N) is 1. The molecule has 0 aliphatic heterocycles. The van der Waals surface area contributed by atoms with E-state index in [2.05, 4.69) is 5.32 Å². The zero-order valence-electron chi connectivity index (χ0n) is 12.3. The van der Waals surface area contributed by atoms with E-state index in [-0.39, 0.29) is 18.7 Å². The number of carbonyl (C=O) groups excluding carboxylic acids is 1. The fraction of sp³-hybridized carbons (Fsp3) is 0.438. The van der Waals surface area contributed by atoms with Crippen LogP contribution in [0.1, 0.15) is 49.0 Å². The summed E-state index contributed by atoms with van der Waals surface area (Å²) < 4.78 is 0. The largest absolute Gasteiger partial charge is 0.481 e. The number of rotatable bonds is 7. The van der Waals surface area contributed by atoms with Crippen LogP contribution in [-0.2, 0) is 11.2 Å². The van der Waals surface area contributed by atoms with Crippen LogP contribution in [0.2, 0.25) is 0 Å². The van der Waals surface area contributed by atoms with Crippen molar-refractivity contribution in [3.05, 3.63) is 35.4 Å². The molecule has 0 saturated heterocycles. The van der Waals surface area contributed by atoms with E-state index in [4.69, 9.17) is 10.4 Å². The summed E-state index contributed by atoms with van der Waals surface area (Å²) in [5.74, 6) is -1.24. The molecule has 2 N–H and O–H groups in total. The first-order valence-corrected chi connectivity index (χ1v) is 6.96. The second kappa shape index (κ2) is 7.44. The molecule has 0 heterocycles. The van der Waals surface area contributed by atoms with Gasteiger partial charge in [0.2, 0.25) is 0 Å². The molecule has 0 aliphatic carbocycles. The van der Waals surface area contributed by atoms with E-state index >= 15 is 0 Å². The van der Waals surface area contributed by atoms with Crippen molar-refractivity contribution in [2.75, 3.05) is 0 Å². The molecule has 5 nitrogen and oxygen atoms in total. The van der Waals surface area contributed by atoms with Crippen molar-refractivity contribution in [3.63, 3.8) is 0 Å². The zero-order valence-corrected chi connectivity index (χ0v) is 12.3. The van der Waals surface area contributed by atoms with Gasteiger partial charge in [-0.15, -0.1) is 0 Å². The predicted molar refractivity (Wildman–Crippen MR) is 78.8 cm³/mol. The minimum Gasteiger partial charge on any atom is -0.481 e. The molecule has 0 unspecified atom stereocenters. The predicted octanol–water partition coefficient (Wildman–Crippen LogP) is 2.52. The Morgan fingerprint density at radius 3 is 2.52 bits per heavy atom. The maximum Gasteiger partial charge on any atom is 0.305 e. The van der Waals surface area contributed by atoms with Crippen LogP contribution in [0.3, 0.4) is 0 Å². The third kappa shape index (κ3) is 4.60. The Morgan fingerprint density at radius 1 is 1.33 bits per heavy atom. The van der Waals surface area contributed by atoms with Crippen LogP contribution < -0.4 is 5.32 Å². The molecule has 0 saturated carbocycles. The first-order valence-electron chi connectivity index (χ1n) is 6.96. The number of carboxylic acid groups (broad SMARTS) is 1. The topological polar surface area (TPSA) is 90.2 Å². The molecule has 1 rings (SSSR count). The highest BCUT2D eigenvalue weighted by Gasteiger charge is 2.31. The SMILES string of the molecule is CCC(CC)(CC(=O)O)NC(=O)c1cccc(CC#N)c1. The lowest BCUT2D eigenvalue weighted by Crippen LogP contribution is -2.49. The lowest BCUT2D eigenvalue weighted by molar-refractivity contribution is -0.138. The third-order valence-electron chi connectivity index (χ3n) is 3.69. The van der Waals surface area contributed by atoms with Gasteiger partial charge in [0.25, 0.3) is 5.91 Å². The Bertz CT molecular complexity index is 557. The van der Waals surface area contributed by atoms with E-state index < -0.39 is 11.5 Å². The maximum atomic E-state index is 12.3. The van der Waals surface area contributed by atoms with Gasteiger partial charge in [-0.05, 0) is 30.5 Å². The number of hydrogen-bond acceptors (Lipinski definition) is 3. The molecule has 0 aromatic heterocycles. The normalized spacial score (nSPS) is 10.7. The molecule has 0 spiro atoms. The van der Waals surface area contributed by atoms with Gasteiger partial charge < -0.3 is 10.4 Å². The van der Waals surface area contributed by atoms with Crippen molar-refractivity contribution in [2.24, 2.45) is 0 Å². The Kier molecular flexibility index (Phi) is 5.92. The van der Waals surface area contributed by atoms with Crippen LogP contribution in [0.5, 0.6) is 0 Å². The van der Waals surface area contributed by atoms with Gasteiger partial charge in [0, 0.05) is 5.56 Å². The number of amides is 1. The van der Waals surface area contributed by atoms with Gasteiger partial charge in [-0.3, -0.25) is 9.59 Å². The minimum atomic E-state index is -0.933. The van der Waals surface area contributed by atoms with Gasteiger partial charge in [-0.25, -0.2) is 0 Å². The molecule has 112 valence electrons. The zero-order chi connectivity index (χ0) is 15.9. The van der Waals surface area contributed by atoms with Crippen molar-refractivity contribution in [2.45, 2.75) is 45.1 Å². The number of hydrogen-bond donors (Lipinski definition) is 2. The summed E-state index contributed by atoms with van der Waals surface area (Å²) in [6, 6.07) is 8.86. The summed E-state index contributed by atoms with van der Waals surface area (Å²) in [4.78, 5) is 23.3. The number of aliphatic carboxylic acids is 1. The van der Waals surface area contributed by atoms with Crippen LogP contribution >= 0.6 is 0 Å². The van der Waals surface area contributed by atoms with E-state index in [0.29, 0.717) is 18.4 Å². The van der Waals surface area contributed by atoms with Crippen LogP contribution in [0, 0.1) is 11.3 Å². The molecule has 0 atom stereocenters. The van der Waals surface area contributed by atoms with Gasteiger partial charge in [-0.2, -0.15) is 5.26 Å². The summed E-state index contributed by atoms with van der Waals surface area (Å²) in [7, 11) is 0. The number of carbonyl (C=O) groups is 2. The molecule has 0 fully saturated rings. The molecule has 0 aliphatic rings. The number of nitrogens with zero attached hydrogens (tertiary/aromatic N) is 1. The lowest BCUT2D eigenvalue weighted by Gasteiger charge is -2.31. The van der Waals surface area contributed by atoms with Crippen molar-refractivity contribution in [1.29, 1.82) is 5.26 Å². The smallest absolute Gasteiger partial charge is 0.305 e. The Hall–Kier alpha value is -2.35. The van der Waals surface area contributed by atoms with E-state index in [1.807, 2.05) is 19.9 Å². The monoisotopic (exact) mass is 288 g/mol. The van der Waals surface area contributed by atoms with Gasteiger partial charge in [0.05, 0.1) is 24.4 Å². The van der Waals surface area contributed by atoms with E-state index in [1.54, 1.807) is 24.3 Å². The van der Waals surface area contributed by atoms with Gasteiger partial charge in [-0.1, -0.05) is 26.0 Å². The number of carboxylic acids is 1. The molecule has 1 amide bonds. The molecular weight excluding hydrogens is 268 g/mol. The molecule has 0 bridgehead atoms. The summed E-state index contributed by atoms with van der Waals surface area (Å²) in [5, 5.41) is 20.6. The quantitative estimate of drug-likeness (QED) is 0.806. The second-order valence-corrected chi connectivity index (χ2v) is 5.05. The van der Waals surface area contributed by atoms with E-state index in [1.165, 1.54) is 0 Å². The average molecular weight is 288 g/mol. The second-order valence-electron chi connectivity index (χ2n) is 5.05. The average Bonchev–Trinajstić information content (AvgIpc) is 2.46. The summed E-state index contributed by atoms with van der Waals surface area (Å²) in [5.41, 5.74) is 0.468. The van der Waals surface area contributed by atoms with Crippen LogP contribution in [0.15, 0.2) is 24.3 Å². The first-order chi connectivity index (χ1) is 9.96. The first kappa shape index (κ1) is 16.7. The highest BCUT2D eigenvalue weighted by atomic mass is 16.4. The van der Waals surface area contributed by atoms with Gasteiger partial charge in [0.1, 0.15) is 0 Å². The molecule has 1 aromatic rings. The van der Waals surface area contributed by atoms with Crippen molar-refractivity contribution in [3.8, 4) is 6.07 Å². The Balaban J connectivity index is 2.94. The molecule has 21 heavy (non-hydrogen) atoms. The molecular formula is C16H20N2O3. The Labute approximate surface area is 124 Å². The van der Waals surface area contributed by atoms with Gasteiger partial charge in [0.15, 0.2) is 0 Å². The highest BCUT2D eigenvalue weighted by Crippen LogP contribution is 2.21. The van der Waals surface area contributed by atoms with Crippen molar-refractivity contribution >= 4 is 11.9 Å². The third-order valence-corrected chi connectivity index (χ3v) is 3.69. The van der Waals surface area contributed by atoms with E-state index in [0.717, 1.165) is 5.56 Å². The van der Waals surface area contributed by atoms with Crippen LogP contribution in [0.4, 0.5) is 0 Å². The molecule has 0 radical (unpaired) electrons. The number of benzene rings is 1. The maximum absolute atomic E-state index is 12.3. The van der Waals surface area contributed by atoms with Crippen molar-refractivity contribution in [1.82, 2.24) is 5.32 Å². The molecule has 1 aromatic carbocycles.